The first-order valence-corrected chi connectivity index (χ1v) is 8.28. The van der Waals surface area contributed by atoms with Gasteiger partial charge in [0.15, 0.2) is 5.82 Å². The van der Waals surface area contributed by atoms with E-state index in [0.717, 1.165) is 22.8 Å². The Bertz CT molecular complexity index is 690. The largest absolute Gasteiger partial charge is 0.334 e. The maximum atomic E-state index is 12.2. The number of urea groups is 1. The number of carbonyl (C=O) groups is 1. The predicted octanol–water partition coefficient (Wildman–Crippen LogP) is 3.07. The Labute approximate surface area is 143 Å². The molecule has 24 heavy (non-hydrogen) atoms. The van der Waals surface area contributed by atoms with Crippen LogP contribution in [0.3, 0.4) is 0 Å². The van der Waals surface area contributed by atoms with Crippen molar-refractivity contribution in [3.8, 4) is 5.82 Å². The fourth-order valence-corrected chi connectivity index (χ4v) is 2.44. The Kier molecular flexibility index (Phi) is 5.59. The van der Waals surface area contributed by atoms with Crippen LogP contribution in [0.1, 0.15) is 37.7 Å². The molecular formula is C18H27N5O. The normalized spacial score (nSPS) is 12.3. The van der Waals surface area contributed by atoms with E-state index >= 15 is 0 Å². The van der Waals surface area contributed by atoms with Crippen LogP contribution in [0.4, 0.5) is 4.79 Å². The number of hydrogen-bond donors (Lipinski definition) is 1. The van der Waals surface area contributed by atoms with Gasteiger partial charge in [-0.2, -0.15) is 5.10 Å². The van der Waals surface area contributed by atoms with E-state index in [9.17, 15) is 4.79 Å². The average molecular weight is 329 g/mol. The van der Waals surface area contributed by atoms with Crippen LogP contribution in [-0.2, 0) is 6.54 Å². The second-order valence-corrected chi connectivity index (χ2v) is 6.62. The van der Waals surface area contributed by atoms with Gasteiger partial charge >= 0.3 is 6.03 Å². The smallest absolute Gasteiger partial charge is 0.317 e. The van der Waals surface area contributed by atoms with Crippen molar-refractivity contribution in [2.75, 3.05) is 7.05 Å². The van der Waals surface area contributed by atoms with Gasteiger partial charge < -0.3 is 10.2 Å². The third-order valence-electron chi connectivity index (χ3n) is 4.38. The van der Waals surface area contributed by atoms with E-state index in [1.807, 2.05) is 43.8 Å². The van der Waals surface area contributed by atoms with Gasteiger partial charge in [0.2, 0.25) is 0 Å². The summed E-state index contributed by atoms with van der Waals surface area (Å²) in [5, 5.41) is 7.35. The molecule has 2 rings (SSSR count). The lowest BCUT2D eigenvalue weighted by molar-refractivity contribution is 0.179. The van der Waals surface area contributed by atoms with E-state index in [-0.39, 0.29) is 12.1 Å². The van der Waals surface area contributed by atoms with Gasteiger partial charge in [-0.1, -0.05) is 19.9 Å². The van der Waals surface area contributed by atoms with Gasteiger partial charge in [0.25, 0.3) is 0 Å². The summed E-state index contributed by atoms with van der Waals surface area (Å²) in [4.78, 5) is 18.4. The fourth-order valence-electron chi connectivity index (χ4n) is 2.44. The lowest BCUT2D eigenvalue weighted by Crippen LogP contribution is -2.44. The molecule has 2 heterocycles. The number of carbonyl (C=O) groups excluding carboxylic acids is 1. The Morgan fingerprint density at radius 1 is 1.29 bits per heavy atom. The van der Waals surface area contributed by atoms with Crippen molar-refractivity contribution >= 4 is 6.03 Å². The lowest BCUT2D eigenvalue weighted by atomic mass is 10.1. The van der Waals surface area contributed by atoms with Gasteiger partial charge in [0, 0.05) is 31.5 Å². The number of nitrogens with one attached hydrogen (secondary N) is 1. The topological polar surface area (TPSA) is 63.1 Å². The number of hydrogen-bond acceptors (Lipinski definition) is 3. The second kappa shape index (κ2) is 7.47. The predicted molar refractivity (Wildman–Crippen MR) is 95.1 cm³/mol. The molecule has 0 radical (unpaired) electrons. The Hall–Kier alpha value is -2.37. The molecule has 6 heteroatoms. The van der Waals surface area contributed by atoms with Crippen molar-refractivity contribution in [1.82, 2.24) is 25.0 Å². The molecule has 1 N–H and O–H groups in total. The van der Waals surface area contributed by atoms with Gasteiger partial charge in [0.05, 0.1) is 5.69 Å². The molecule has 2 aromatic heterocycles. The summed E-state index contributed by atoms with van der Waals surface area (Å²) in [5.41, 5.74) is 2.97. The quantitative estimate of drug-likeness (QED) is 0.917. The highest BCUT2D eigenvalue weighted by atomic mass is 16.2. The standard InChI is InChI=1S/C18H27N5O/c1-12(2)15(5)22(6)18(24)20-11-16-7-8-17(19-10-16)23-14(4)9-13(3)21-23/h7-10,12,15H,11H2,1-6H3,(H,20,24)/t15-/m1/s1. The maximum absolute atomic E-state index is 12.2. The molecule has 130 valence electrons. The van der Waals surface area contributed by atoms with Crippen LogP contribution in [0.25, 0.3) is 5.82 Å². The molecule has 6 nitrogen and oxygen atoms in total. The summed E-state index contributed by atoms with van der Waals surface area (Å²) in [6.45, 7) is 10.7. The molecular weight excluding hydrogens is 302 g/mol. The van der Waals surface area contributed by atoms with Gasteiger partial charge in [-0.3, -0.25) is 0 Å². The third-order valence-corrected chi connectivity index (χ3v) is 4.38. The highest BCUT2D eigenvalue weighted by Gasteiger charge is 2.18. The summed E-state index contributed by atoms with van der Waals surface area (Å²) >= 11 is 0. The van der Waals surface area contributed by atoms with Gasteiger partial charge in [0.1, 0.15) is 0 Å². The van der Waals surface area contributed by atoms with E-state index in [2.05, 4.69) is 36.2 Å². The monoisotopic (exact) mass is 329 g/mol. The highest BCUT2D eigenvalue weighted by Crippen LogP contribution is 2.11. The van der Waals surface area contributed by atoms with Gasteiger partial charge in [-0.15, -0.1) is 0 Å². The van der Waals surface area contributed by atoms with E-state index in [4.69, 9.17) is 0 Å². The number of amides is 2. The van der Waals surface area contributed by atoms with E-state index in [0.29, 0.717) is 12.5 Å². The maximum Gasteiger partial charge on any atom is 0.317 e. The molecule has 0 fully saturated rings. The highest BCUT2D eigenvalue weighted by molar-refractivity contribution is 5.74. The molecule has 0 aliphatic carbocycles. The number of rotatable bonds is 5. The Balaban J connectivity index is 1.97. The minimum atomic E-state index is -0.0705. The first-order chi connectivity index (χ1) is 11.3. The Morgan fingerprint density at radius 2 is 2.00 bits per heavy atom. The zero-order valence-corrected chi connectivity index (χ0v) is 15.4. The van der Waals surface area contributed by atoms with Crippen LogP contribution in [0.2, 0.25) is 0 Å². The van der Waals surface area contributed by atoms with Gasteiger partial charge in [-0.05, 0) is 44.4 Å². The van der Waals surface area contributed by atoms with E-state index < -0.39 is 0 Å². The average Bonchev–Trinajstić information content (AvgIpc) is 2.90. The van der Waals surface area contributed by atoms with Crippen LogP contribution in [0.15, 0.2) is 24.4 Å². The van der Waals surface area contributed by atoms with Crippen molar-refractivity contribution in [3.63, 3.8) is 0 Å². The molecule has 0 spiro atoms. The molecule has 0 saturated heterocycles. The first kappa shape index (κ1) is 18.0. The van der Waals surface area contributed by atoms with Crippen LogP contribution in [0, 0.1) is 19.8 Å². The molecule has 2 aromatic rings. The summed E-state index contributed by atoms with van der Waals surface area (Å²) in [5.74, 6) is 1.20. The zero-order chi connectivity index (χ0) is 17.9. The molecule has 1 atom stereocenters. The van der Waals surface area contributed by atoms with Crippen molar-refractivity contribution in [2.24, 2.45) is 5.92 Å². The van der Waals surface area contributed by atoms with Crippen molar-refractivity contribution < 1.29 is 4.79 Å². The van der Waals surface area contributed by atoms with Crippen LogP contribution >= 0.6 is 0 Å². The van der Waals surface area contributed by atoms with Crippen molar-refractivity contribution in [3.05, 3.63) is 41.3 Å². The van der Waals surface area contributed by atoms with Crippen molar-refractivity contribution in [2.45, 2.75) is 47.2 Å². The van der Waals surface area contributed by atoms with Crippen molar-refractivity contribution in [1.29, 1.82) is 0 Å². The number of aromatic nitrogens is 3. The number of nitrogens with zero attached hydrogens (tertiary/aromatic N) is 4. The molecule has 0 unspecified atom stereocenters. The zero-order valence-electron chi connectivity index (χ0n) is 15.4. The lowest BCUT2D eigenvalue weighted by Gasteiger charge is -2.28. The minimum absolute atomic E-state index is 0.0705. The fraction of sp³-hybridized carbons (Fsp3) is 0.500. The van der Waals surface area contributed by atoms with E-state index in [1.165, 1.54) is 0 Å². The van der Waals surface area contributed by atoms with Crippen LogP contribution in [0.5, 0.6) is 0 Å². The molecule has 0 aliphatic heterocycles. The molecule has 0 bridgehead atoms. The van der Waals surface area contributed by atoms with Crippen LogP contribution in [-0.4, -0.2) is 38.8 Å². The van der Waals surface area contributed by atoms with E-state index in [1.54, 1.807) is 11.1 Å². The summed E-state index contributed by atoms with van der Waals surface area (Å²) in [6, 6.07) is 6.02. The Morgan fingerprint density at radius 3 is 2.50 bits per heavy atom. The summed E-state index contributed by atoms with van der Waals surface area (Å²) in [6.07, 6.45) is 1.78. The third kappa shape index (κ3) is 4.13. The second-order valence-electron chi connectivity index (χ2n) is 6.62. The summed E-state index contributed by atoms with van der Waals surface area (Å²) < 4.78 is 1.82. The van der Waals surface area contributed by atoms with Crippen LogP contribution < -0.4 is 5.32 Å². The molecule has 0 aromatic carbocycles. The van der Waals surface area contributed by atoms with Gasteiger partial charge in [-0.25, -0.2) is 14.5 Å². The minimum Gasteiger partial charge on any atom is -0.334 e. The number of pyridine rings is 1. The number of aryl methyl sites for hydroxylation is 2. The molecule has 2 amide bonds. The molecule has 0 saturated carbocycles. The SMILES string of the molecule is Cc1cc(C)n(-c2ccc(CNC(=O)N(C)[C@H](C)C(C)C)cn2)n1. The molecule has 0 aliphatic rings. The summed E-state index contributed by atoms with van der Waals surface area (Å²) in [7, 11) is 1.82. The first-order valence-electron chi connectivity index (χ1n) is 8.28.